The van der Waals surface area contributed by atoms with E-state index in [9.17, 15) is 14.9 Å². The van der Waals surface area contributed by atoms with Crippen molar-refractivity contribution in [1.82, 2.24) is 4.90 Å². The number of thioether (sulfide) groups is 1. The molecule has 3 aromatic rings. The van der Waals surface area contributed by atoms with Gasteiger partial charge in [0.05, 0.1) is 30.2 Å². The molecule has 0 radical (unpaired) electrons. The molecule has 1 aliphatic rings. The van der Waals surface area contributed by atoms with Crippen LogP contribution in [0.3, 0.4) is 0 Å². The van der Waals surface area contributed by atoms with E-state index in [4.69, 9.17) is 32.7 Å². The first-order valence-electron chi connectivity index (χ1n) is 10.4. The van der Waals surface area contributed by atoms with Gasteiger partial charge in [0, 0.05) is 15.6 Å². The summed E-state index contributed by atoms with van der Waals surface area (Å²) in [6, 6.07) is 19.5. The second kappa shape index (κ2) is 10.9. The van der Waals surface area contributed by atoms with E-state index >= 15 is 0 Å². The minimum Gasteiger partial charge on any atom is -0.493 e. The molecule has 0 aliphatic carbocycles. The Kier molecular flexibility index (Phi) is 7.67. The van der Waals surface area contributed by atoms with Gasteiger partial charge in [0.15, 0.2) is 11.5 Å². The lowest BCUT2D eigenvalue weighted by Gasteiger charge is -2.14. The lowest BCUT2D eigenvalue weighted by Crippen LogP contribution is -2.27. The van der Waals surface area contributed by atoms with Gasteiger partial charge in [0.1, 0.15) is 6.61 Å². The Morgan fingerprint density at radius 1 is 1.03 bits per heavy atom. The number of ether oxygens (including phenoxy) is 2. The lowest BCUT2D eigenvalue weighted by atomic mass is 10.1. The molecular weight excluding hydrogens is 507 g/mol. The number of carbonyl (C=O) groups is 2. The first kappa shape index (κ1) is 24.7. The van der Waals surface area contributed by atoms with Gasteiger partial charge in [0.25, 0.3) is 11.1 Å². The smallest absolute Gasteiger partial charge is 0.293 e. The summed E-state index contributed by atoms with van der Waals surface area (Å²) in [6.07, 6.45) is 1.63. The van der Waals surface area contributed by atoms with Crippen molar-refractivity contribution >= 4 is 52.2 Å². The lowest BCUT2D eigenvalue weighted by molar-refractivity contribution is -0.123. The third kappa shape index (κ3) is 5.63. The summed E-state index contributed by atoms with van der Waals surface area (Å²) in [6.45, 7) is 0.254. The van der Waals surface area contributed by atoms with Crippen molar-refractivity contribution in [2.75, 3.05) is 7.11 Å². The number of nitriles is 1. The highest BCUT2D eigenvalue weighted by Gasteiger charge is 2.35. The SMILES string of the molecule is COc1cc(/C=C2\SC(=O)N(Cc3ccc(Cl)cc3Cl)C2=O)ccc1OCc1ccccc1C#N. The number of benzene rings is 3. The number of rotatable bonds is 7. The number of imide groups is 1. The molecule has 0 bridgehead atoms. The molecule has 1 heterocycles. The monoisotopic (exact) mass is 524 g/mol. The fourth-order valence-corrected chi connectivity index (χ4v) is 4.72. The highest BCUT2D eigenvalue weighted by Crippen LogP contribution is 2.36. The van der Waals surface area contributed by atoms with E-state index in [0.29, 0.717) is 43.1 Å². The molecule has 9 heteroatoms. The Hall–Kier alpha value is -3.44. The maximum atomic E-state index is 12.9. The standard InChI is InChI=1S/C26H18Cl2N2O4S/c1-33-23-10-16(6-9-22(23)34-15-19-5-3-2-4-17(19)13-29)11-24-25(31)30(26(32)35-24)14-18-7-8-20(27)12-21(18)28/h2-12H,14-15H2,1H3/b24-11-. The van der Waals surface area contributed by atoms with Gasteiger partial charge in [-0.05, 0) is 59.3 Å². The number of halogens is 2. The van der Waals surface area contributed by atoms with E-state index in [2.05, 4.69) is 6.07 Å². The van der Waals surface area contributed by atoms with Crippen LogP contribution in [0.5, 0.6) is 11.5 Å². The molecule has 0 N–H and O–H groups in total. The number of nitrogens with zero attached hydrogens (tertiary/aromatic N) is 2. The van der Waals surface area contributed by atoms with Crippen LogP contribution in [0.15, 0.2) is 65.6 Å². The van der Waals surface area contributed by atoms with Crippen molar-refractivity contribution in [3.8, 4) is 17.6 Å². The fourth-order valence-electron chi connectivity index (χ4n) is 3.41. The maximum absolute atomic E-state index is 12.9. The first-order valence-corrected chi connectivity index (χ1v) is 11.9. The molecular formula is C26H18Cl2N2O4S. The number of hydrogen-bond donors (Lipinski definition) is 0. The normalized spacial score (nSPS) is 14.3. The average molecular weight is 525 g/mol. The largest absolute Gasteiger partial charge is 0.493 e. The summed E-state index contributed by atoms with van der Waals surface area (Å²) < 4.78 is 11.3. The Balaban J connectivity index is 1.50. The van der Waals surface area contributed by atoms with Crippen molar-refractivity contribution in [3.05, 3.63) is 97.9 Å². The van der Waals surface area contributed by atoms with Crippen molar-refractivity contribution in [1.29, 1.82) is 5.26 Å². The second-order valence-corrected chi connectivity index (χ2v) is 9.31. The first-order chi connectivity index (χ1) is 16.9. The van der Waals surface area contributed by atoms with Gasteiger partial charge in [-0.1, -0.05) is 53.5 Å². The highest BCUT2D eigenvalue weighted by atomic mass is 35.5. The van der Waals surface area contributed by atoms with Crippen LogP contribution in [-0.4, -0.2) is 23.2 Å². The van der Waals surface area contributed by atoms with E-state index in [-0.39, 0.29) is 18.4 Å². The quantitative estimate of drug-likeness (QED) is 0.320. The van der Waals surface area contributed by atoms with Gasteiger partial charge in [-0.15, -0.1) is 0 Å². The Morgan fingerprint density at radius 2 is 1.83 bits per heavy atom. The molecule has 0 atom stereocenters. The summed E-state index contributed by atoms with van der Waals surface area (Å²) in [7, 11) is 1.51. The topological polar surface area (TPSA) is 79.6 Å². The molecule has 1 fully saturated rings. The van der Waals surface area contributed by atoms with E-state index in [1.165, 1.54) is 7.11 Å². The van der Waals surface area contributed by atoms with Crippen LogP contribution in [-0.2, 0) is 17.9 Å². The molecule has 3 aromatic carbocycles. The number of methoxy groups -OCH3 is 1. The van der Waals surface area contributed by atoms with E-state index in [1.54, 1.807) is 54.6 Å². The third-order valence-corrected chi connectivity index (χ3v) is 6.72. The van der Waals surface area contributed by atoms with Gasteiger partial charge in [0.2, 0.25) is 0 Å². The van der Waals surface area contributed by atoms with Gasteiger partial charge in [-0.2, -0.15) is 5.26 Å². The zero-order chi connectivity index (χ0) is 24.9. The minimum atomic E-state index is -0.404. The van der Waals surface area contributed by atoms with Gasteiger partial charge < -0.3 is 9.47 Å². The molecule has 4 rings (SSSR count). The Bertz CT molecular complexity index is 1380. The van der Waals surface area contributed by atoms with Crippen molar-refractivity contribution < 1.29 is 19.1 Å². The van der Waals surface area contributed by atoms with Crippen LogP contribution in [0.4, 0.5) is 4.79 Å². The summed E-state index contributed by atoms with van der Waals surface area (Å²) in [5.74, 6) is 0.543. The van der Waals surface area contributed by atoms with Gasteiger partial charge in [-0.3, -0.25) is 14.5 Å². The number of amides is 2. The zero-order valence-corrected chi connectivity index (χ0v) is 20.8. The van der Waals surface area contributed by atoms with Crippen molar-refractivity contribution in [2.24, 2.45) is 0 Å². The van der Waals surface area contributed by atoms with E-state index in [1.807, 2.05) is 12.1 Å². The molecule has 1 aliphatic heterocycles. The second-order valence-electron chi connectivity index (χ2n) is 7.47. The fraction of sp³-hybridized carbons (Fsp3) is 0.115. The van der Waals surface area contributed by atoms with Gasteiger partial charge in [-0.25, -0.2) is 0 Å². The molecule has 176 valence electrons. The molecule has 0 aromatic heterocycles. The van der Waals surface area contributed by atoms with Crippen LogP contribution in [0.25, 0.3) is 6.08 Å². The summed E-state index contributed by atoms with van der Waals surface area (Å²) in [4.78, 5) is 26.9. The molecule has 1 saturated heterocycles. The summed E-state index contributed by atoms with van der Waals surface area (Å²) in [5, 5.41) is 9.73. The van der Waals surface area contributed by atoms with E-state index in [0.717, 1.165) is 22.2 Å². The Morgan fingerprint density at radius 3 is 2.57 bits per heavy atom. The summed E-state index contributed by atoms with van der Waals surface area (Å²) >= 11 is 13.0. The predicted molar refractivity (Wildman–Crippen MR) is 136 cm³/mol. The van der Waals surface area contributed by atoms with Crippen molar-refractivity contribution in [2.45, 2.75) is 13.2 Å². The molecule has 2 amide bonds. The number of hydrogen-bond acceptors (Lipinski definition) is 6. The Labute approximate surface area is 216 Å². The third-order valence-electron chi connectivity index (χ3n) is 5.22. The zero-order valence-electron chi connectivity index (χ0n) is 18.5. The molecule has 6 nitrogen and oxygen atoms in total. The minimum absolute atomic E-state index is 0.0538. The van der Waals surface area contributed by atoms with Crippen LogP contribution in [0.2, 0.25) is 10.0 Å². The van der Waals surface area contributed by atoms with Crippen LogP contribution in [0.1, 0.15) is 22.3 Å². The van der Waals surface area contributed by atoms with Crippen LogP contribution >= 0.6 is 35.0 Å². The van der Waals surface area contributed by atoms with Crippen molar-refractivity contribution in [3.63, 3.8) is 0 Å². The number of carbonyl (C=O) groups excluding carboxylic acids is 2. The van der Waals surface area contributed by atoms with Gasteiger partial charge >= 0.3 is 0 Å². The maximum Gasteiger partial charge on any atom is 0.293 e. The van der Waals surface area contributed by atoms with Crippen LogP contribution in [0, 0.1) is 11.3 Å². The van der Waals surface area contributed by atoms with Crippen LogP contribution < -0.4 is 9.47 Å². The molecule has 0 saturated carbocycles. The molecule has 0 spiro atoms. The predicted octanol–water partition coefficient (Wildman–Crippen LogP) is 6.69. The highest BCUT2D eigenvalue weighted by molar-refractivity contribution is 8.18. The summed E-state index contributed by atoms with van der Waals surface area (Å²) in [5.41, 5.74) is 2.59. The molecule has 0 unspecified atom stereocenters. The van der Waals surface area contributed by atoms with E-state index < -0.39 is 5.91 Å². The molecule has 35 heavy (non-hydrogen) atoms. The average Bonchev–Trinajstić information content (AvgIpc) is 3.12.